The third kappa shape index (κ3) is 4.56. The molecule has 0 radical (unpaired) electrons. The average molecular weight is 477 g/mol. The molecule has 0 spiro atoms. The Labute approximate surface area is 192 Å². The van der Waals surface area contributed by atoms with Crippen molar-refractivity contribution in [1.82, 2.24) is 19.9 Å². The molecule has 0 aliphatic heterocycles. The van der Waals surface area contributed by atoms with Gasteiger partial charge in [-0.25, -0.2) is 19.9 Å². The lowest BCUT2D eigenvalue weighted by Gasteiger charge is -1.96. The van der Waals surface area contributed by atoms with Crippen LogP contribution in [0.1, 0.15) is 48.8 Å². The van der Waals surface area contributed by atoms with Gasteiger partial charge in [0.2, 0.25) is 0 Å². The van der Waals surface area contributed by atoms with Crippen molar-refractivity contribution in [3.05, 3.63) is 31.9 Å². The van der Waals surface area contributed by atoms with Crippen molar-refractivity contribution in [2.45, 2.75) is 53.4 Å². The van der Waals surface area contributed by atoms with E-state index in [2.05, 4.69) is 38.3 Å². The van der Waals surface area contributed by atoms with Crippen LogP contribution in [0.25, 0.3) is 11.4 Å². The highest BCUT2D eigenvalue weighted by molar-refractivity contribution is 7.18. The lowest BCUT2D eigenvalue weighted by Crippen LogP contribution is -1.91. The highest BCUT2D eigenvalue weighted by Gasteiger charge is 2.14. The maximum absolute atomic E-state index is 4.71. The van der Waals surface area contributed by atoms with Gasteiger partial charge in [0.15, 0.2) is 20.5 Å². The van der Waals surface area contributed by atoms with Gasteiger partial charge in [-0.15, -0.1) is 45.3 Å². The quantitative estimate of drug-likeness (QED) is 0.273. The molecular formula is C20H24N6S4. The van der Waals surface area contributed by atoms with Crippen molar-refractivity contribution in [1.29, 1.82) is 0 Å². The number of nitrogens with zero attached hydrogens (tertiary/aromatic N) is 4. The molecule has 6 nitrogen and oxygen atoms in total. The second-order valence-electron chi connectivity index (χ2n) is 6.52. The fraction of sp³-hybridized carbons (Fsp3) is 0.400. The van der Waals surface area contributed by atoms with Crippen molar-refractivity contribution in [2.75, 3.05) is 10.6 Å². The van der Waals surface area contributed by atoms with Crippen LogP contribution >= 0.6 is 45.3 Å². The van der Waals surface area contributed by atoms with E-state index in [1.165, 1.54) is 21.1 Å². The summed E-state index contributed by atoms with van der Waals surface area (Å²) < 4.78 is 0. The largest absolute Gasteiger partial charge is 0.307 e. The molecule has 0 saturated heterocycles. The molecule has 0 aliphatic rings. The first kappa shape index (κ1) is 21.4. The zero-order chi connectivity index (χ0) is 21.1. The van der Waals surface area contributed by atoms with Gasteiger partial charge in [0.05, 0.1) is 11.4 Å². The van der Waals surface area contributed by atoms with Gasteiger partial charge in [-0.1, -0.05) is 27.7 Å². The monoisotopic (exact) mass is 476 g/mol. The van der Waals surface area contributed by atoms with Crippen LogP contribution in [0.5, 0.6) is 0 Å². The Hall–Kier alpha value is -1.88. The van der Waals surface area contributed by atoms with Crippen molar-refractivity contribution < 1.29 is 0 Å². The SMILES string of the molecule is CCc1nc(Nc2nc(-c3csc(Nc4nc(CC)c(CC)s4)n3)cs2)sc1CC. The predicted molar refractivity (Wildman–Crippen MR) is 132 cm³/mol. The average Bonchev–Trinajstić information content (AvgIpc) is 3.54. The van der Waals surface area contributed by atoms with E-state index in [-0.39, 0.29) is 0 Å². The van der Waals surface area contributed by atoms with Gasteiger partial charge < -0.3 is 10.6 Å². The summed E-state index contributed by atoms with van der Waals surface area (Å²) in [4.78, 5) is 21.5. The predicted octanol–water partition coefficient (Wildman–Crippen LogP) is 6.92. The molecule has 0 bridgehead atoms. The first-order chi connectivity index (χ1) is 14.6. The van der Waals surface area contributed by atoms with Crippen LogP contribution in [-0.4, -0.2) is 19.9 Å². The van der Waals surface area contributed by atoms with E-state index in [0.717, 1.165) is 57.6 Å². The number of aryl methyl sites for hydroxylation is 4. The van der Waals surface area contributed by atoms with Crippen molar-refractivity contribution in [2.24, 2.45) is 0 Å². The van der Waals surface area contributed by atoms with E-state index >= 15 is 0 Å². The molecule has 10 heteroatoms. The molecule has 4 aromatic rings. The van der Waals surface area contributed by atoms with Crippen LogP contribution < -0.4 is 10.6 Å². The molecule has 30 heavy (non-hydrogen) atoms. The standard InChI is InChI=1S/C20H24N6S4/c1-5-11-15(7-3)29-19(21-11)25-17-23-13(9-27-17)14-10-28-18(24-14)26-20-22-12(6-2)16(8-4)30-20/h9-10H,5-8H2,1-4H3,(H,21,23,25)(H,22,24,26). The van der Waals surface area contributed by atoms with Crippen LogP contribution in [0.2, 0.25) is 0 Å². The van der Waals surface area contributed by atoms with Crippen molar-refractivity contribution in [3.8, 4) is 11.4 Å². The van der Waals surface area contributed by atoms with E-state index in [4.69, 9.17) is 19.9 Å². The van der Waals surface area contributed by atoms with Crippen LogP contribution in [-0.2, 0) is 25.7 Å². The first-order valence-corrected chi connectivity index (χ1v) is 13.4. The number of rotatable bonds is 9. The molecule has 0 atom stereocenters. The summed E-state index contributed by atoms with van der Waals surface area (Å²) >= 11 is 6.57. The summed E-state index contributed by atoms with van der Waals surface area (Å²) in [5.41, 5.74) is 4.10. The van der Waals surface area contributed by atoms with Gasteiger partial charge in [0.25, 0.3) is 0 Å². The lowest BCUT2D eigenvalue weighted by atomic mass is 10.2. The zero-order valence-corrected chi connectivity index (χ0v) is 20.7. The van der Waals surface area contributed by atoms with Crippen LogP contribution in [0, 0.1) is 0 Å². The molecule has 4 aromatic heterocycles. The fourth-order valence-electron chi connectivity index (χ4n) is 3.06. The Morgan fingerprint density at radius 1 is 0.600 bits per heavy atom. The molecule has 2 N–H and O–H groups in total. The first-order valence-electron chi connectivity index (χ1n) is 10.1. The molecule has 158 valence electrons. The van der Waals surface area contributed by atoms with E-state index in [0.29, 0.717) is 0 Å². The molecular weight excluding hydrogens is 453 g/mol. The maximum Gasteiger partial charge on any atom is 0.189 e. The summed E-state index contributed by atoms with van der Waals surface area (Å²) in [6.07, 6.45) is 3.94. The van der Waals surface area contributed by atoms with Gasteiger partial charge in [-0.2, -0.15) is 0 Å². The Balaban J connectivity index is 1.46. The number of hydrogen-bond donors (Lipinski definition) is 2. The molecule has 0 unspecified atom stereocenters. The van der Waals surface area contributed by atoms with Gasteiger partial charge in [0.1, 0.15) is 11.4 Å². The highest BCUT2D eigenvalue weighted by atomic mass is 32.1. The summed E-state index contributed by atoms with van der Waals surface area (Å²) in [5, 5.41) is 14.3. The van der Waals surface area contributed by atoms with Gasteiger partial charge >= 0.3 is 0 Å². The molecule has 0 amide bonds. The summed E-state index contributed by atoms with van der Waals surface area (Å²) in [6.45, 7) is 8.63. The number of hydrogen-bond acceptors (Lipinski definition) is 10. The minimum atomic E-state index is 0.840. The lowest BCUT2D eigenvalue weighted by molar-refractivity contribution is 1.01. The smallest absolute Gasteiger partial charge is 0.189 e. The van der Waals surface area contributed by atoms with Crippen molar-refractivity contribution in [3.63, 3.8) is 0 Å². The van der Waals surface area contributed by atoms with Crippen LogP contribution in [0.15, 0.2) is 10.8 Å². The Bertz CT molecular complexity index is 991. The number of thiazole rings is 4. The highest BCUT2D eigenvalue weighted by Crippen LogP contribution is 2.33. The topological polar surface area (TPSA) is 75.6 Å². The van der Waals surface area contributed by atoms with E-state index in [9.17, 15) is 0 Å². The Kier molecular flexibility index (Phi) is 6.77. The normalized spacial score (nSPS) is 11.2. The minimum Gasteiger partial charge on any atom is -0.307 e. The molecule has 4 rings (SSSR count). The molecule has 0 fully saturated rings. The zero-order valence-electron chi connectivity index (χ0n) is 17.4. The van der Waals surface area contributed by atoms with E-state index in [1.54, 1.807) is 45.3 Å². The molecule has 0 aliphatic carbocycles. The molecule has 0 saturated carbocycles. The summed E-state index contributed by atoms with van der Waals surface area (Å²) in [7, 11) is 0. The van der Waals surface area contributed by atoms with Gasteiger partial charge in [0, 0.05) is 20.5 Å². The number of aromatic nitrogens is 4. The van der Waals surface area contributed by atoms with Gasteiger partial charge in [-0.05, 0) is 25.7 Å². The second kappa shape index (κ2) is 9.51. The third-order valence-electron chi connectivity index (χ3n) is 4.57. The molecule has 4 heterocycles. The third-order valence-corrected chi connectivity index (χ3v) is 8.40. The Morgan fingerprint density at radius 3 is 1.37 bits per heavy atom. The fourth-order valence-corrected chi connectivity index (χ4v) is 6.57. The van der Waals surface area contributed by atoms with E-state index in [1.807, 2.05) is 10.8 Å². The summed E-state index contributed by atoms with van der Waals surface area (Å²) in [6, 6.07) is 0. The maximum atomic E-state index is 4.71. The van der Waals surface area contributed by atoms with E-state index < -0.39 is 0 Å². The van der Waals surface area contributed by atoms with Crippen LogP contribution in [0.4, 0.5) is 20.5 Å². The van der Waals surface area contributed by atoms with Crippen molar-refractivity contribution >= 4 is 65.9 Å². The van der Waals surface area contributed by atoms with Gasteiger partial charge in [-0.3, -0.25) is 0 Å². The second-order valence-corrected chi connectivity index (χ2v) is 10.4. The minimum absolute atomic E-state index is 0.840. The Morgan fingerprint density at radius 2 is 1.03 bits per heavy atom. The molecule has 0 aromatic carbocycles. The number of nitrogens with one attached hydrogen (secondary N) is 2. The summed E-state index contributed by atoms with van der Waals surface area (Å²) in [5.74, 6) is 0. The van der Waals surface area contributed by atoms with Crippen LogP contribution in [0.3, 0.4) is 0 Å². The number of anilines is 4.